The lowest BCUT2D eigenvalue weighted by Crippen LogP contribution is -1.98. The molecule has 0 spiro atoms. The minimum Gasteiger partial charge on any atom is -0.292 e. The van der Waals surface area contributed by atoms with Gasteiger partial charge in [0.1, 0.15) is 5.82 Å². The van der Waals surface area contributed by atoms with Crippen molar-refractivity contribution in [2.75, 3.05) is 0 Å². The molecule has 5 aromatic carbocycles. The minimum atomic E-state index is 0.960. The lowest BCUT2D eigenvalue weighted by Gasteiger charge is -2.13. The van der Waals surface area contributed by atoms with Crippen LogP contribution in [0, 0.1) is 3.57 Å². The molecule has 0 bridgehead atoms. The van der Waals surface area contributed by atoms with Crippen LogP contribution in [0.25, 0.3) is 49.7 Å². The highest BCUT2D eigenvalue weighted by atomic mass is 127. The van der Waals surface area contributed by atoms with Crippen molar-refractivity contribution in [1.82, 2.24) is 9.55 Å². The number of benzene rings is 5. The van der Waals surface area contributed by atoms with Gasteiger partial charge < -0.3 is 0 Å². The molecule has 0 amide bonds. The molecule has 2 nitrogen and oxygen atoms in total. The fourth-order valence-corrected chi connectivity index (χ4v) is 6.07. The number of unbranched alkanes of at least 4 members (excludes halogenated alkanes) is 1. The maximum Gasteiger partial charge on any atom is 0.145 e. The zero-order valence-corrected chi connectivity index (χ0v) is 25.1. The van der Waals surface area contributed by atoms with E-state index in [0.29, 0.717) is 0 Å². The number of fused-ring (bicyclic) bond motifs is 6. The molecular weight excluding hydrogens is 687 g/mol. The monoisotopic (exact) mass is 708 g/mol. The summed E-state index contributed by atoms with van der Waals surface area (Å²) in [5.74, 6) is 0.960. The van der Waals surface area contributed by atoms with Crippen molar-refractivity contribution in [3.63, 3.8) is 0 Å². The molecule has 6 aromatic rings. The first-order valence-electron chi connectivity index (χ1n) is 12.1. The molecule has 0 aliphatic carbocycles. The van der Waals surface area contributed by atoms with E-state index in [-0.39, 0.29) is 0 Å². The molecule has 0 aliphatic heterocycles. The molecule has 0 saturated carbocycles. The third-order valence-electron chi connectivity index (χ3n) is 6.76. The van der Waals surface area contributed by atoms with Gasteiger partial charge in [-0.05, 0) is 100 Å². The Morgan fingerprint density at radius 3 is 2.06 bits per heavy atom. The second-order valence-corrected chi connectivity index (χ2v) is 12.2. The van der Waals surface area contributed by atoms with Crippen LogP contribution in [-0.4, -0.2) is 9.55 Å². The lowest BCUT2D eigenvalue weighted by molar-refractivity contribution is 0.795. The molecule has 6 rings (SSSR count). The van der Waals surface area contributed by atoms with Crippen LogP contribution in [0.3, 0.4) is 0 Å². The minimum absolute atomic E-state index is 0.960. The van der Waals surface area contributed by atoms with Gasteiger partial charge in [0.2, 0.25) is 0 Å². The molecule has 0 atom stereocenters. The summed E-state index contributed by atoms with van der Waals surface area (Å²) in [5, 5.41) is 4.77. The van der Waals surface area contributed by atoms with Crippen LogP contribution < -0.4 is 0 Å². The first kappa shape index (κ1) is 24.1. The van der Waals surface area contributed by atoms with Crippen LogP contribution in [-0.2, 0) is 6.42 Å². The van der Waals surface area contributed by atoms with Crippen molar-refractivity contribution in [2.24, 2.45) is 0 Å². The first-order chi connectivity index (χ1) is 17.5. The molecular formula is C31H23Br2IN2. The predicted octanol–water partition coefficient (Wildman–Crippen LogP) is 10.5. The maximum atomic E-state index is 5.35. The van der Waals surface area contributed by atoms with Gasteiger partial charge in [0, 0.05) is 34.5 Å². The summed E-state index contributed by atoms with van der Waals surface area (Å²) in [4.78, 5) is 5.35. The van der Waals surface area contributed by atoms with E-state index in [2.05, 4.69) is 151 Å². The van der Waals surface area contributed by atoms with Gasteiger partial charge in [0.15, 0.2) is 0 Å². The molecule has 1 heterocycles. The van der Waals surface area contributed by atoms with Gasteiger partial charge in [-0.1, -0.05) is 81.6 Å². The highest BCUT2D eigenvalue weighted by molar-refractivity contribution is 14.1. The van der Waals surface area contributed by atoms with E-state index in [0.717, 1.165) is 48.9 Å². The van der Waals surface area contributed by atoms with Crippen molar-refractivity contribution in [3.8, 4) is 17.1 Å². The van der Waals surface area contributed by atoms with Crippen LogP contribution in [0.5, 0.6) is 0 Å². The van der Waals surface area contributed by atoms with Gasteiger partial charge in [-0.2, -0.15) is 0 Å². The van der Waals surface area contributed by atoms with Crippen LogP contribution in [0.2, 0.25) is 0 Å². The number of hydrogen-bond acceptors (Lipinski definition) is 1. The van der Waals surface area contributed by atoms with Gasteiger partial charge in [-0.15, -0.1) is 0 Å². The molecule has 0 radical (unpaired) electrons. The third kappa shape index (κ3) is 4.29. The Labute approximate surface area is 241 Å². The summed E-state index contributed by atoms with van der Waals surface area (Å²) in [6.45, 7) is 2.24. The summed E-state index contributed by atoms with van der Waals surface area (Å²) >= 11 is 9.79. The highest BCUT2D eigenvalue weighted by Gasteiger charge is 2.20. The van der Waals surface area contributed by atoms with Crippen LogP contribution in [0.1, 0.15) is 25.3 Å². The van der Waals surface area contributed by atoms with E-state index in [4.69, 9.17) is 4.98 Å². The summed E-state index contributed by atoms with van der Waals surface area (Å²) in [6, 6.07) is 30.7. The molecule has 36 heavy (non-hydrogen) atoms. The average Bonchev–Trinajstić information content (AvgIpc) is 3.29. The molecule has 0 saturated heterocycles. The Hall–Kier alpha value is -2.22. The normalized spacial score (nSPS) is 11.7. The molecule has 1 aromatic heterocycles. The zero-order chi connectivity index (χ0) is 24.8. The van der Waals surface area contributed by atoms with Crippen molar-refractivity contribution < 1.29 is 0 Å². The van der Waals surface area contributed by atoms with Gasteiger partial charge in [0.05, 0.1) is 11.0 Å². The molecule has 0 N–H and O–H groups in total. The molecule has 0 aliphatic rings. The van der Waals surface area contributed by atoms with E-state index in [9.17, 15) is 0 Å². The number of aromatic nitrogens is 2. The van der Waals surface area contributed by atoms with Crippen LogP contribution in [0.15, 0.2) is 93.9 Å². The van der Waals surface area contributed by atoms with Gasteiger partial charge in [0.25, 0.3) is 0 Å². The fourth-order valence-electron chi connectivity index (χ4n) is 4.99. The number of halogens is 3. The Morgan fingerprint density at radius 2 is 1.39 bits per heavy atom. The van der Waals surface area contributed by atoms with Crippen molar-refractivity contribution >= 4 is 87.0 Å². The SMILES string of the molecule is CCCCc1ccc(-c2nc3c4cc(Br)ccc4c4ccc(Br)cc4c3n2-c2ccc(I)cc2)cc1. The van der Waals surface area contributed by atoms with Crippen molar-refractivity contribution in [3.05, 3.63) is 103 Å². The van der Waals surface area contributed by atoms with Crippen molar-refractivity contribution in [2.45, 2.75) is 26.2 Å². The molecule has 178 valence electrons. The number of aryl methyl sites for hydroxylation is 1. The summed E-state index contributed by atoms with van der Waals surface area (Å²) in [5.41, 5.74) is 5.75. The van der Waals surface area contributed by atoms with Crippen LogP contribution >= 0.6 is 54.5 Å². The topological polar surface area (TPSA) is 17.8 Å². The van der Waals surface area contributed by atoms with Crippen LogP contribution in [0.4, 0.5) is 0 Å². The quantitative estimate of drug-likeness (QED) is 0.129. The summed E-state index contributed by atoms with van der Waals surface area (Å²) in [6.07, 6.45) is 3.53. The number of nitrogens with zero attached hydrogens (tertiary/aromatic N) is 2. The Kier molecular flexibility index (Phi) is 6.65. The summed E-state index contributed by atoms with van der Waals surface area (Å²) < 4.78 is 5.66. The third-order valence-corrected chi connectivity index (χ3v) is 8.46. The number of imidazole rings is 1. The largest absolute Gasteiger partial charge is 0.292 e. The fraction of sp³-hybridized carbons (Fsp3) is 0.129. The van der Waals surface area contributed by atoms with E-state index in [1.165, 1.54) is 38.1 Å². The van der Waals surface area contributed by atoms with E-state index < -0.39 is 0 Å². The molecule has 5 heteroatoms. The smallest absolute Gasteiger partial charge is 0.145 e. The van der Waals surface area contributed by atoms with E-state index in [1.54, 1.807) is 0 Å². The van der Waals surface area contributed by atoms with E-state index in [1.807, 2.05) is 0 Å². The maximum absolute atomic E-state index is 5.35. The molecule has 0 fully saturated rings. The number of rotatable bonds is 5. The second-order valence-electron chi connectivity index (χ2n) is 9.12. The summed E-state index contributed by atoms with van der Waals surface area (Å²) in [7, 11) is 0. The van der Waals surface area contributed by atoms with Gasteiger partial charge in [-0.25, -0.2) is 4.98 Å². The first-order valence-corrected chi connectivity index (χ1v) is 14.8. The Balaban J connectivity index is 1.74. The number of hydrogen-bond donors (Lipinski definition) is 0. The zero-order valence-electron chi connectivity index (χ0n) is 19.7. The predicted molar refractivity (Wildman–Crippen MR) is 168 cm³/mol. The van der Waals surface area contributed by atoms with E-state index >= 15 is 0 Å². The van der Waals surface area contributed by atoms with Gasteiger partial charge in [-0.3, -0.25) is 4.57 Å². The van der Waals surface area contributed by atoms with Gasteiger partial charge >= 0.3 is 0 Å². The Bertz CT molecular complexity index is 1740. The Morgan fingerprint density at radius 1 is 0.750 bits per heavy atom. The second kappa shape index (κ2) is 9.92. The highest BCUT2D eigenvalue weighted by Crippen LogP contribution is 2.40. The van der Waals surface area contributed by atoms with Crippen molar-refractivity contribution in [1.29, 1.82) is 0 Å². The standard InChI is InChI=1S/C31H23Br2IN2/c1-2-3-4-19-5-7-20(8-6-19)31-35-29-27-17-21(32)9-15-25(27)26-16-10-22(33)18-28(26)30(29)36(31)24-13-11-23(34)12-14-24/h5-18H,2-4H2,1H3. The average molecular weight is 710 g/mol. The molecule has 0 unspecified atom stereocenters. The lowest BCUT2D eigenvalue weighted by atomic mass is 10.00.